The second-order valence-corrected chi connectivity index (χ2v) is 5.71. The number of urea groups is 1. The van der Waals surface area contributed by atoms with Gasteiger partial charge in [-0.05, 0) is 25.7 Å². The van der Waals surface area contributed by atoms with Crippen LogP contribution in [-0.4, -0.2) is 52.3 Å². The van der Waals surface area contributed by atoms with Gasteiger partial charge >= 0.3 is 12.0 Å². The molecule has 3 atom stereocenters. The van der Waals surface area contributed by atoms with E-state index in [1.54, 1.807) is 11.8 Å². The molecule has 1 aliphatic rings. The average molecular weight is 272 g/mol. The van der Waals surface area contributed by atoms with Gasteiger partial charge < -0.3 is 20.4 Å². The summed E-state index contributed by atoms with van der Waals surface area (Å²) in [5, 5.41) is 21.1. The Morgan fingerprint density at radius 2 is 2.00 bits per heavy atom. The molecule has 0 aromatic carbocycles. The molecule has 0 saturated carbocycles. The third-order valence-corrected chi connectivity index (χ3v) is 3.50. The number of amides is 2. The summed E-state index contributed by atoms with van der Waals surface area (Å²) >= 11 is 0. The van der Waals surface area contributed by atoms with E-state index in [4.69, 9.17) is 5.11 Å². The molecule has 0 aromatic rings. The smallest absolute Gasteiger partial charge is 0.326 e. The van der Waals surface area contributed by atoms with Crippen molar-refractivity contribution in [1.82, 2.24) is 10.2 Å². The molecular formula is C13H24N2O4. The lowest BCUT2D eigenvalue weighted by Gasteiger charge is -2.22. The molecule has 1 rings (SSSR count). The molecular weight excluding hydrogens is 248 g/mol. The molecule has 6 nitrogen and oxygen atoms in total. The van der Waals surface area contributed by atoms with Gasteiger partial charge in [-0.1, -0.05) is 13.8 Å². The van der Waals surface area contributed by atoms with Gasteiger partial charge in [0.2, 0.25) is 0 Å². The second-order valence-electron chi connectivity index (χ2n) is 5.71. The highest BCUT2D eigenvalue weighted by molar-refractivity contribution is 5.82. The van der Waals surface area contributed by atoms with Crippen molar-refractivity contribution in [1.29, 1.82) is 0 Å². The van der Waals surface area contributed by atoms with E-state index >= 15 is 0 Å². The van der Waals surface area contributed by atoms with Crippen LogP contribution in [0.1, 0.15) is 33.6 Å². The number of likely N-dealkylation sites (tertiary alicyclic amines) is 1. The molecule has 0 aromatic heterocycles. The van der Waals surface area contributed by atoms with Crippen LogP contribution in [0.25, 0.3) is 0 Å². The summed E-state index contributed by atoms with van der Waals surface area (Å²) in [6.07, 6.45) is 0.727. The minimum Gasteiger partial charge on any atom is -0.480 e. The van der Waals surface area contributed by atoms with E-state index in [2.05, 4.69) is 5.32 Å². The van der Waals surface area contributed by atoms with Gasteiger partial charge in [0.05, 0.1) is 6.10 Å². The third kappa shape index (κ3) is 4.70. The Kier molecular flexibility index (Phi) is 5.60. The second kappa shape index (κ2) is 6.75. The van der Waals surface area contributed by atoms with Crippen molar-refractivity contribution in [3.63, 3.8) is 0 Å². The molecule has 0 aliphatic carbocycles. The highest BCUT2D eigenvalue weighted by Crippen LogP contribution is 2.19. The lowest BCUT2D eigenvalue weighted by molar-refractivity contribution is -0.139. The Labute approximate surface area is 113 Å². The van der Waals surface area contributed by atoms with Gasteiger partial charge in [0.25, 0.3) is 0 Å². The highest BCUT2D eigenvalue weighted by atomic mass is 16.4. The number of hydrogen-bond donors (Lipinski definition) is 3. The fourth-order valence-electron chi connectivity index (χ4n) is 2.30. The van der Waals surface area contributed by atoms with Crippen LogP contribution in [0, 0.1) is 11.8 Å². The van der Waals surface area contributed by atoms with Gasteiger partial charge in [-0.2, -0.15) is 0 Å². The van der Waals surface area contributed by atoms with E-state index in [9.17, 15) is 14.7 Å². The van der Waals surface area contributed by atoms with Gasteiger partial charge in [-0.25, -0.2) is 9.59 Å². The molecule has 0 spiro atoms. The van der Waals surface area contributed by atoms with E-state index in [1.165, 1.54) is 0 Å². The summed E-state index contributed by atoms with van der Waals surface area (Å²) in [5.74, 6) is -0.724. The normalized spacial score (nSPS) is 22.4. The van der Waals surface area contributed by atoms with Crippen molar-refractivity contribution in [3.8, 4) is 0 Å². The number of aliphatic carboxylic acids is 1. The number of aliphatic hydroxyl groups is 1. The number of nitrogens with zero attached hydrogens (tertiary/aromatic N) is 1. The maximum Gasteiger partial charge on any atom is 0.326 e. The number of carbonyl (C=O) groups is 2. The van der Waals surface area contributed by atoms with Crippen LogP contribution in [0.4, 0.5) is 4.79 Å². The number of nitrogens with one attached hydrogen (secondary N) is 1. The van der Waals surface area contributed by atoms with Crippen LogP contribution in [-0.2, 0) is 4.79 Å². The predicted octanol–water partition coefficient (Wildman–Crippen LogP) is 0.898. The van der Waals surface area contributed by atoms with Gasteiger partial charge in [0.1, 0.15) is 6.04 Å². The van der Waals surface area contributed by atoms with Gasteiger partial charge in [-0.3, -0.25) is 0 Å². The number of rotatable bonds is 5. The van der Waals surface area contributed by atoms with E-state index < -0.39 is 18.1 Å². The monoisotopic (exact) mass is 272 g/mol. The Hall–Kier alpha value is -1.30. The summed E-state index contributed by atoms with van der Waals surface area (Å²) in [7, 11) is 0. The standard InChI is InChI=1S/C13H24N2O4/c1-8(2)6-11(12(17)18)14-13(19)15-5-4-10(7-15)9(3)16/h8-11,16H,4-7H2,1-3H3,(H,14,19)(H,17,18)/t9?,10?,11-/m0/s1. The zero-order valence-corrected chi connectivity index (χ0v) is 11.8. The van der Waals surface area contributed by atoms with Crippen LogP contribution in [0.15, 0.2) is 0 Å². The molecule has 1 aliphatic heterocycles. The van der Waals surface area contributed by atoms with E-state index in [1.807, 2.05) is 13.8 Å². The molecule has 3 N–H and O–H groups in total. The fourth-order valence-corrected chi connectivity index (χ4v) is 2.30. The molecule has 1 saturated heterocycles. The SMILES string of the molecule is CC(C)C[C@H](NC(=O)N1CCC(C(C)O)C1)C(=O)O. The molecule has 110 valence electrons. The third-order valence-electron chi connectivity index (χ3n) is 3.50. The molecule has 1 fully saturated rings. The van der Waals surface area contributed by atoms with Crippen LogP contribution in [0.3, 0.4) is 0 Å². The Morgan fingerprint density at radius 3 is 2.42 bits per heavy atom. The first-order valence-electron chi connectivity index (χ1n) is 6.77. The summed E-state index contributed by atoms with van der Waals surface area (Å²) in [6.45, 7) is 6.60. The first-order chi connectivity index (χ1) is 8.81. The number of hydrogen-bond acceptors (Lipinski definition) is 3. The molecule has 2 unspecified atom stereocenters. The molecule has 1 heterocycles. The Morgan fingerprint density at radius 1 is 1.37 bits per heavy atom. The van der Waals surface area contributed by atoms with Crippen molar-refractivity contribution in [2.24, 2.45) is 11.8 Å². The lowest BCUT2D eigenvalue weighted by atomic mass is 10.0. The minimum atomic E-state index is -1.01. The fraction of sp³-hybridized carbons (Fsp3) is 0.846. The molecule has 2 amide bonds. The zero-order chi connectivity index (χ0) is 14.6. The molecule has 6 heteroatoms. The zero-order valence-electron chi connectivity index (χ0n) is 11.8. The van der Waals surface area contributed by atoms with Crippen molar-refractivity contribution < 1.29 is 19.8 Å². The quantitative estimate of drug-likeness (QED) is 0.693. The van der Waals surface area contributed by atoms with Crippen LogP contribution in [0.5, 0.6) is 0 Å². The number of carbonyl (C=O) groups excluding carboxylic acids is 1. The average Bonchev–Trinajstić information content (AvgIpc) is 2.76. The maximum atomic E-state index is 12.0. The van der Waals surface area contributed by atoms with Gasteiger partial charge in [0, 0.05) is 19.0 Å². The summed E-state index contributed by atoms with van der Waals surface area (Å²) in [6, 6.07) is -1.20. The van der Waals surface area contributed by atoms with E-state index in [0.29, 0.717) is 19.5 Å². The number of carboxylic acid groups (broad SMARTS) is 1. The first kappa shape index (κ1) is 15.8. The topological polar surface area (TPSA) is 89.9 Å². The number of carboxylic acids is 1. The molecule has 0 bridgehead atoms. The van der Waals surface area contributed by atoms with Crippen molar-refractivity contribution in [2.45, 2.75) is 45.8 Å². The van der Waals surface area contributed by atoms with Crippen LogP contribution in [0.2, 0.25) is 0 Å². The predicted molar refractivity (Wildman–Crippen MR) is 70.8 cm³/mol. The van der Waals surface area contributed by atoms with Crippen molar-refractivity contribution >= 4 is 12.0 Å². The lowest BCUT2D eigenvalue weighted by Crippen LogP contribution is -2.48. The highest BCUT2D eigenvalue weighted by Gasteiger charge is 2.31. The first-order valence-corrected chi connectivity index (χ1v) is 6.77. The van der Waals surface area contributed by atoms with Crippen molar-refractivity contribution in [2.75, 3.05) is 13.1 Å². The summed E-state index contributed by atoms with van der Waals surface area (Å²) in [4.78, 5) is 24.6. The van der Waals surface area contributed by atoms with E-state index in [0.717, 1.165) is 6.42 Å². The van der Waals surface area contributed by atoms with Gasteiger partial charge in [0.15, 0.2) is 0 Å². The van der Waals surface area contributed by atoms with Gasteiger partial charge in [-0.15, -0.1) is 0 Å². The Bertz CT molecular complexity index is 331. The maximum absolute atomic E-state index is 12.0. The Balaban J connectivity index is 2.51. The summed E-state index contributed by atoms with van der Waals surface area (Å²) in [5.41, 5.74) is 0. The minimum absolute atomic E-state index is 0.0825. The number of aliphatic hydroxyl groups excluding tert-OH is 1. The summed E-state index contributed by atoms with van der Waals surface area (Å²) < 4.78 is 0. The van der Waals surface area contributed by atoms with Crippen LogP contribution >= 0.6 is 0 Å². The van der Waals surface area contributed by atoms with E-state index in [-0.39, 0.29) is 17.9 Å². The largest absolute Gasteiger partial charge is 0.480 e. The molecule has 0 radical (unpaired) electrons. The molecule has 19 heavy (non-hydrogen) atoms. The van der Waals surface area contributed by atoms with Crippen LogP contribution < -0.4 is 5.32 Å². The van der Waals surface area contributed by atoms with Crippen molar-refractivity contribution in [3.05, 3.63) is 0 Å².